The highest BCUT2D eigenvalue weighted by molar-refractivity contribution is 7.87. The summed E-state index contributed by atoms with van der Waals surface area (Å²) >= 11 is 0. The van der Waals surface area contributed by atoms with Crippen molar-refractivity contribution in [1.29, 1.82) is 0 Å². The normalized spacial score (nSPS) is 35.5. The molecule has 0 aliphatic carbocycles. The summed E-state index contributed by atoms with van der Waals surface area (Å²) in [7, 11) is -3.12. The van der Waals surface area contributed by atoms with Gasteiger partial charge in [-0.25, -0.2) is 4.72 Å². The molecular formula is C6H10N2O2S. The van der Waals surface area contributed by atoms with Gasteiger partial charge in [0.25, 0.3) is 10.2 Å². The molecule has 4 nitrogen and oxygen atoms in total. The lowest BCUT2D eigenvalue weighted by atomic mass is 10.2. The molecule has 5 heteroatoms. The van der Waals surface area contributed by atoms with Gasteiger partial charge < -0.3 is 0 Å². The molecule has 0 aromatic carbocycles. The Morgan fingerprint density at radius 2 is 2.36 bits per heavy atom. The molecule has 0 saturated carbocycles. The van der Waals surface area contributed by atoms with Gasteiger partial charge in [0, 0.05) is 13.1 Å². The van der Waals surface area contributed by atoms with Crippen LogP contribution in [-0.4, -0.2) is 31.9 Å². The van der Waals surface area contributed by atoms with E-state index >= 15 is 0 Å². The van der Waals surface area contributed by atoms with Crippen LogP contribution in [0.1, 0.15) is 6.42 Å². The number of hydrogen-bond acceptors (Lipinski definition) is 2. The van der Waals surface area contributed by atoms with E-state index in [9.17, 15) is 8.42 Å². The average Bonchev–Trinajstić information content (AvgIpc) is 2.29. The van der Waals surface area contributed by atoms with Crippen molar-refractivity contribution in [2.75, 3.05) is 13.1 Å². The van der Waals surface area contributed by atoms with Crippen LogP contribution < -0.4 is 4.72 Å². The molecule has 0 radical (unpaired) electrons. The summed E-state index contributed by atoms with van der Waals surface area (Å²) in [6.07, 6.45) is 4.81. The third-order valence-corrected chi connectivity index (χ3v) is 3.63. The van der Waals surface area contributed by atoms with Crippen LogP contribution in [0, 0.1) is 0 Å². The third-order valence-electron chi connectivity index (χ3n) is 2.03. The van der Waals surface area contributed by atoms with Crippen molar-refractivity contribution in [1.82, 2.24) is 9.03 Å². The molecule has 11 heavy (non-hydrogen) atoms. The molecule has 1 unspecified atom stereocenters. The Labute approximate surface area is 66.1 Å². The van der Waals surface area contributed by atoms with Crippen LogP contribution >= 0.6 is 0 Å². The minimum Gasteiger partial charge on any atom is -0.200 e. The Hall–Kier alpha value is -0.390. The topological polar surface area (TPSA) is 49.4 Å². The SMILES string of the molecule is O=S1(=O)NCC2C=CCCN21. The lowest BCUT2D eigenvalue weighted by Gasteiger charge is -2.21. The van der Waals surface area contributed by atoms with E-state index < -0.39 is 10.2 Å². The Kier molecular flexibility index (Phi) is 1.52. The van der Waals surface area contributed by atoms with E-state index in [1.54, 1.807) is 0 Å². The van der Waals surface area contributed by atoms with E-state index in [1.807, 2.05) is 12.2 Å². The van der Waals surface area contributed by atoms with Crippen LogP contribution in [-0.2, 0) is 10.2 Å². The van der Waals surface area contributed by atoms with Crippen LogP contribution in [0.5, 0.6) is 0 Å². The highest BCUT2D eigenvalue weighted by atomic mass is 32.2. The summed E-state index contributed by atoms with van der Waals surface area (Å²) in [6.45, 7) is 1.15. The predicted molar refractivity (Wildman–Crippen MR) is 41.2 cm³/mol. The second-order valence-electron chi connectivity index (χ2n) is 2.75. The Balaban J connectivity index is 2.33. The second kappa shape index (κ2) is 2.30. The van der Waals surface area contributed by atoms with Crippen molar-refractivity contribution >= 4 is 10.2 Å². The van der Waals surface area contributed by atoms with Crippen LogP contribution in [0.3, 0.4) is 0 Å². The number of nitrogens with one attached hydrogen (secondary N) is 1. The van der Waals surface area contributed by atoms with Crippen LogP contribution in [0.25, 0.3) is 0 Å². The van der Waals surface area contributed by atoms with Crippen molar-refractivity contribution < 1.29 is 8.42 Å². The molecule has 1 saturated heterocycles. The maximum Gasteiger partial charge on any atom is 0.280 e. The molecule has 2 rings (SSSR count). The predicted octanol–water partition coefficient (Wildman–Crippen LogP) is -0.535. The summed E-state index contributed by atoms with van der Waals surface area (Å²) < 4.78 is 26.3. The molecule has 2 aliphatic rings. The van der Waals surface area contributed by atoms with Gasteiger partial charge in [-0.05, 0) is 6.42 Å². The first-order chi connectivity index (χ1) is 5.20. The molecular weight excluding hydrogens is 164 g/mol. The van der Waals surface area contributed by atoms with Crippen LogP contribution in [0.2, 0.25) is 0 Å². The minimum absolute atomic E-state index is 0.0637. The average molecular weight is 174 g/mol. The van der Waals surface area contributed by atoms with E-state index in [4.69, 9.17) is 0 Å². The largest absolute Gasteiger partial charge is 0.280 e. The van der Waals surface area contributed by atoms with Crippen LogP contribution in [0.15, 0.2) is 12.2 Å². The highest BCUT2D eigenvalue weighted by Crippen LogP contribution is 2.17. The monoisotopic (exact) mass is 174 g/mol. The Morgan fingerprint density at radius 1 is 1.55 bits per heavy atom. The van der Waals surface area contributed by atoms with Gasteiger partial charge in [-0.1, -0.05) is 12.2 Å². The van der Waals surface area contributed by atoms with Gasteiger partial charge in [-0.15, -0.1) is 0 Å². The minimum atomic E-state index is -3.12. The van der Waals surface area contributed by atoms with E-state index in [0.717, 1.165) is 6.42 Å². The van der Waals surface area contributed by atoms with Crippen molar-refractivity contribution in [3.8, 4) is 0 Å². The lowest BCUT2D eigenvalue weighted by Crippen LogP contribution is -2.36. The first kappa shape index (κ1) is 7.27. The summed E-state index contributed by atoms with van der Waals surface area (Å²) in [5.41, 5.74) is 0. The molecule has 0 spiro atoms. The van der Waals surface area contributed by atoms with Crippen LogP contribution in [0.4, 0.5) is 0 Å². The fourth-order valence-corrected chi connectivity index (χ4v) is 2.85. The maximum absolute atomic E-state index is 11.2. The van der Waals surface area contributed by atoms with Gasteiger partial charge in [0.1, 0.15) is 0 Å². The van der Waals surface area contributed by atoms with Gasteiger partial charge in [-0.2, -0.15) is 12.7 Å². The van der Waals surface area contributed by atoms with Gasteiger partial charge in [-0.3, -0.25) is 0 Å². The molecule has 2 aliphatic heterocycles. The summed E-state index contributed by atoms with van der Waals surface area (Å²) in [5, 5.41) is 0. The zero-order chi connectivity index (χ0) is 7.90. The maximum atomic E-state index is 11.2. The lowest BCUT2D eigenvalue weighted by molar-refractivity contribution is 0.391. The van der Waals surface area contributed by atoms with Gasteiger partial charge in [0.15, 0.2) is 0 Å². The zero-order valence-corrected chi connectivity index (χ0v) is 6.84. The number of hydrogen-bond donors (Lipinski definition) is 1. The van der Waals surface area contributed by atoms with Crippen molar-refractivity contribution in [3.05, 3.63) is 12.2 Å². The smallest absolute Gasteiger partial charge is 0.200 e. The van der Waals surface area contributed by atoms with E-state index in [-0.39, 0.29) is 6.04 Å². The number of fused-ring (bicyclic) bond motifs is 1. The van der Waals surface area contributed by atoms with E-state index in [1.165, 1.54) is 4.31 Å². The summed E-state index contributed by atoms with van der Waals surface area (Å²) in [4.78, 5) is 0. The molecule has 1 N–H and O–H groups in total. The van der Waals surface area contributed by atoms with Gasteiger partial charge >= 0.3 is 0 Å². The Bertz CT molecular complexity index is 283. The second-order valence-corrected chi connectivity index (χ2v) is 4.46. The van der Waals surface area contributed by atoms with Crippen molar-refractivity contribution in [2.24, 2.45) is 0 Å². The summed E-state index contributed by atoms with van der Waals surface area (Å²) in [6, 6.07) is 0.0637. The van der Waals surface area contributed by atoms with Gasteiger partial charge in [0.2, 0.25) is 0 Å². The highest BCUT2D eigenvalue weighted by Gasteiger charge is 2.35. The van der Waals surface area contributed by atoms with Crippen molar-refractivity contribution in [3.63, 3.8) is 0 Å². The number of rotatable bonds is 0. The van der Waals surface area contributed by atoms with E-state index in [0.29, 0.717) is 13.1 Å². The standard InChI is InChI=1S/C6H10N2O2S/c9-11(10)7-5-6-3-1-2-4-8(6)11/h1,3,6-7H,2,4-5H2. The van der Waals surface area contributed by atoms with E-state index in [2.05, 4.69) is 4.72 Å². The molecule has 1 fully saturated rings. The zero-order valence-electron chi connectivity index (χ0n) is 6.03. The third kappa shape index (κ3) is 1.09. The molecule has 0 bridgehead atoms. The fraction of sp³-hybridized carbons (Fsp3) is 0.667. The summed E-state index contributed by atoms with van der Waals surface area (Å²) in [5.74, 6) is 0. The first-order valence-corrected chi connectivity index (χ1v) is 5.07. The quantitative estimate of drug-likeness (QED) is 0.502. The molecule has 1 atom stereocenters. The fourth-order valence-electron chi connectivity index (χ4n) is 1.46. The van der Waals surface area contributed by atoms with Crippen molar-refractivity contribution in [2.45, 2.75) is 12.5 Å². The first-order valence-electron chi connectivity index (χ1n) is 3.63. The van der Waals surface area contributed by atoms with Gasteiger partial charge in [0.05, 0.1) is 6.04 Å². The number of nitrogens with zero attached hydrogens (tertiary/aromatic N) is 1. The molecule has 0 aromatic rings. The molecule has 2 heterocycles. The molecule has 0 aromatic heterocycles. The Morgan fingerprint density at radius 3 is 3.09 bits per heavy atom. The molecule has 0 amide bonds. The molecule has 62 valence electrons.